The lowest BCUT2D eigenvalue weighted by molar-refractivity contribution is -0.138. The van der Waals surface area contributed by atoms with E-state index >= 15 is 0 Å². The van der Waals surface area contributed by atoms with Crippen LogP contribution in [0.3, 0.4) is 0 Å². The number of alkyl halides is 3. The first kappa shape index (κ1) is 10.9. The Balaban J connectivity index is 3.28. The summed E-state index contributed by atoms with van der Waals surface area (Å²) in [5, 5.41) is 9.37. The van der Waals surface area contributed by atoms with E-state index in [4.69, 9.17) is 0 Å². The third-order valence-electron chi connectivity index (χ3n) is 1.99. The third-order valence-corrected chi connectivity index (χ3v) is 1.99. The minimum absolute atomic E-state index is 0.128. The van der Waals surface area contributed by atoms with Crippen molar-refractivity contribution in [2.24, 2.45) is 0 Å². The van der Waals surface area contributed by atoms with Gasteiger partial charge in [0.2, 0.25) is 0 Å². The van der Waals surface area contributed by atoms with Gasteiger partial charge in [-0.15, -0.1) is 0 Å². The predicted molar refractivity (Wildman–Crippen MR) is 47.2 cm³/mol. The molecule has 1 aromatic rings. The van der Waals surface area contributed by atoms with Crippen molar-refractivity contribution in [3.05, 3.63) is 29.3 Å². The summed E-state index contributed by atoms with van der Waals surface area (Å²) >= 11 is 0. The van der Waals surface area contributed by atoms with Gasteiger partial charge in [0, 0.05) is 0 Å². The molecule has 1 aromatic carbocycles. The third kappa shape index (κ3) is 2.00. The summed E-state index contributed by atoms with van der Waals surface area (Å²) in [6.45, 7) is 3.46. The smallest absolute Gasteiger partial charge is 0.419 e. The zero-order valence-electron chi connectivity index (χ0n) is 7.89. The quantitative estimate of drug-likeness (QED) is 0.741. The van der Waals surface area contributed by atoms with Crippen LogP contribution in [0.25, 0.3) is 0 Å². The zero-order valence-corrected chi connectivity index (χ0v) is 7.89. The van der Waals surface area contributed by atoms with Crippen molar-refractivity contribution in [2.45, 2.75) is 25.9 Å². The molecule has 0 fully saturated rings. The van der Waals surface area contributed by atoms with Crippen LogP contribution in [0.4, 0.5) is 13.2 Å². The fourth-order valence-electron chi connectivity index (χ4n) is 1.26. The Kier molecular flexibility index (Phi) is 2.73. The van der Waals surface area contributed by atoms with Crippen molar-refractivity contribution in [1.82, 2.24) is 0 Å². The summed E-state index contributed by atoms with van der Waals surface area (Å²) in [6, 6.07) is 3.67. The van der Waals surface area contributed by atoms with Crippen LogP contribution in [0.1, 0.15) is 30.9 Å². The lowest BCUT2D eigenvalue weighted by atomic mass is 9.99. The second-order valence-corrected chi connectivity index (χ2v) is 3.40. The van der Waals surface area contributed by atoms with Crippen LogP contribution in [0, 0.1) is 0 Å². The molecule has 0 spiro atoms. The van der Waals surface area contributed by atoms with Crippen LogP contribution < -0.4 is 0 Å². The molecule has 0 heterocycles. The molecule has 0 amide bonds. The highest BCUT2D eigenvalue weighted by Gasteiger charge is 2.34. The average molecular weight is 204 g/mol. The molecule has 0 bridgehead atoms. The second-order valence-electron chi connectivity index (χ2n) is 3.40. The summed E-state index contributed by atoms with van der Waals surface area (Å²) in [5.41, 5.74) is -0.650. The van der Waals surface area contributed by atoms with Crippen molar-refractivity contribution in [2.75, 3.05) is 0 Å². The van der Waals surface area contributed by atoms with E-state index in [-0.39, 0.29) is 5.92 Å². The van der Waals surface area contributed by atoms with Crippen LogP contribution in [-0.2, 0) is 6.18 Å². The average Bonchev–Trinajstić information content (AvgIpc) is 2.01. The number of benzene rings is 1. The standard InChI is InChI=1S/C10H11F3O/c1-6(2)7-4-3-5-8(9(7)14)10(11,12)13/h3-6,14H,1-2H3. The normalized spacial score (nSPS) is 12.1. The Morgan fingerprint density at radius 3 is 2.21 bits per heavy atom. The molecule has 1 N–H and O–H groups in total. The molecule has 0 saturated carbocycles. The summed E-state index contributed by atoms with van der Waals surface area (Å²) < 4.78 is 37.0. The highest BCUT2D eigenvalue weighted by molar-refractivity contribution is 5.43. The van der Waals surface area contributed by atoms with Gasteiger partial charge in [-0.1, -0.05) is 26.0 Å². The molecule has 0 aliphatic carbocycles. The van der Waals surface area contributed by atoms with Crippen LogP contribution in [0.5, 0.6) is 5.75 Å². The van der Waals surface area contributed by atoms with Crippen molar-refractivity contribution in [3.8, 4) is 5.75 Å². The van der Waals surface area contributed by atoms with Crippen LogP contribution in [0.15, 0.2) is 18.2 Å². The molecule has 4 heteroatoms. The van der Waals surface area contributed by atoms with E-state index in [9.17, 15) is 18.3 Å². The second kappa shape index (κ2) is 3.52. The summed E-state index contributed by atoms with van der Waals surface area (Å²) in [4.78, 5) is 0. The minimum atomic E-state index is -4.49. The SMILES string of the molecule is CC(C)c1cccc(C(F)(F)F)c1O. The van der Waals surface area contributed by atoms with Crippen molar-refractivity contribution in [1.29, 1.82) is 0 Å². The van der Waals surface area contributed by atoms with Gasteiger partial charge < -0.3 is 5.11 Å². The van der Waals surface area contributed by atoms with Gasteiger partial charge in [0.1, 0.15) is 5.75 Å². The first-order chi connectivity index (χ1) is 6.34. The molecule has 0 aliphatic heterocycles. The number of phenols is 1. The van der Waals surface area contributed by atoms with E-state index in [1.165, 1.54) is 12.1 Å². The highest BCUT2D eigenvalue weighted by Crippen LogP contribution is 2.39. The van der Waals surface area contributed by atoms with Crippen LogP contribution in [0.2, 0.25) is 0 Å². The van der Waals surface area contributed by atoms with Crippen molar-refractivity contribution < 1.29 is 18.3 Å². The Morgan fingerprint density at radius 2 is 1.79 bits per heavy atom. The predicted octanol–water partition coefficient (Wildman–Crippen LogP) is 3.53. The van der Waals surface area contributed by atoms with Gasteiger partial charge in [0.15, 0.2) is 0 Å². The molecule has 0 unspecified atom stereocenters. The Bertz CT molecular complexity index is 329. The van der Waals surface area contributed by atoms with Gasteiger partial charge in [-0.3, -0.25) is 0 Å². The fourth-order valence-corrected chi connectivity index (χ4v) is 1.26. The molecule has 1 rings (SSSR count). The van der Waals surface area contributed by atoms with Gasteiger partial charge in [-0.25, -0.2) is 0 Å². The maximum Gasteiger partial charge on any atom is 0.419 e. The van der Waals surface area contributed by atoms with Crippen molar-refractivity contribution >= 4 is 0 Å². The Hall–Kier alpha value is -1.19. The molecule has 78 valence electrons. The molecule has 0 aliphatic rings. The van der Waals surface area contributed by atoms with E-state index in [2.05, 4.69) is 0 Å². The van der Waals surface area contributed by atoms with E-state index in [1.54, 1.807) is 13.8 Å². The minimum Gasteiger partial charge on any atom is -0.507 e. The summed E-state index contributed by atoms with van der Waals surface area (Å²) in [6.07, 6.45) is -4.49. The number of hydrogen-bond acceptors (Lipinski definition) is 1. The Morgan fingerprint density at radius 1 is 1.21 bits per heavy atom. The highest BCUT2D eigenvalue weighted by atomic mass is 19.4. The zero-order chi connectivity index (χ0) is 10.9. The molecule has 0 radical (unpaired) electrons. The van der Waals surface area contributed by atoms with E-state index in [0.29, 0.717) is 5.56 Å². The fraction of sp³-hybridized carbons (Fsp3) is 0.400. The lowest BCUT2D eigenvalue weighted by Gasteiger charge is -2.14. The molecule has 14 heavy (non-hydrogen) atoms. The molecule has 0 saturated heterocycles. The molecule has 0 atom stereocenters. The van der Waals surface area contributed by atoms with Gasteiger partial charge in [-0.2, -0.15) is 13.2 Å². The van der Waals surface area contributed by atoms with Gasteiger partial charge in [0.05, 0.1) is 5.56 Å². The number of halogens is 3. The maximum absolute atomic E-state index is 12.3. The van der Waals surface area contributed by atoms with E-state index in [0.717, 1.165) is 6.07 Å². The summed E-state index contributed by atoms with van der Waals surface area (Å²) in [7, 11) is 0. The first-order valence-electron chi connectivity index (χ1n) is 4.23. The molecular formula is C10H11F3O. The molecular weight excluding hydrogens is 193 g/mol. The number of aromatic hydroxyl groups is 1. The number of phenolic OH excluding ortho intramolecular Hbond substituents is 1. The largest absolute Gasteiger partial charge is 0.507 e. The molecule has 1 nitrogen and oxygen atoms in total. The van der Waals surface area contributed by atoms with Gasteiger partial charge >= 0.3 is 6.18 Å². The lowest BCUT2D eigenvalue weighted by Crippen LogP contribution is -2.06. The topological polar surface area (TPSA) is 20.2 Å². The number of hydrogen-bond donors (Lipinski definition) is 1. The maximum atomic E-state index is 12.3. The monoisotopic (exact) mass is 204 g/mol. The van der Waals surface area contributed by atoms with E-state index < -0.39 is 17.5 Å². The van der Waals surface area contributed by atoms with Crippen LogP contribution >= 0.6 is 0 Å². The number of rotatable bonds is 1. The van der Waals surface area contributed by atoms with Gasteiger partial charge in [-0.05, 0) is 17.5 Å². The number of para-hydroxylation sites is 1. The van der Waals surface area contributed by atoms with E-state index in [1.807, 2.05) is 0 Å². The van der Waals surface area contributed by atoms with Crippen molar-refractivity contribution in [3.63, 3.8) is 0 Å². The van der Waals surface area contributed by atoms with Gasteiger partial charge in [0.25, 0.3) is 0 Å². The Labute approximate surface area is 80.2 Å². The van der Waals surface area contributed by atoms with Crippen LogP contribution in [-0.4, -0.2) is 5.11 Å². The first-order valence-corrected chi connectivity index (χ1v) is 4.23. The molecule has 0 aromatic heterocycles. The summed E-state index contributed by atoms with van der Waals surface area (Å²) in [5.74, 6) is -0.785.